The van der Waals surface area contributed by atoms with E-state index in [-0.39, 0.29) is 22.4 Å². The molecule has 0 unspecified atom stereocenters. The van der Waals surface area contributed by atoms with E-state index in [4.69, 9.17) is 55.9 Å². The molecule has 0 fully saturated rings. The van der Waals surface area contributed by atoms with E-state index < -0.39 is 5.41 Å². The average Bonchev–Trinajstić information content (AvgIpc) is 2.65. The van der Waals surface area contributed by atoms with Crippen molar-refractivity contribution in [2.45, 2.75) is 19.3 Å². The highest BCUT2D eigenvalue weighted by molar-refractivity contribution is 6.49. The molecule has 0 aliphatic carbocycles. The Labute approximate surface area is 180 Å². The molecule has 0 atom stereocenters. The smallest absolute Gasteiger partial charge is 0.160 e. The first-order valence-electron chi connectivity index (χ1n) is 8.20. The highest BCUT2D eigenvalue weighted by Gasteiger charge is 2.33. The molecule has 2 aromatic rings. The van der Waals surface area contributed by atoms with Crippen LogP contribution in [0.25, 0.3) is 0 Å². The standard InChI is InChI=1S/C21H20Cl4O2/c1-5-11-26-14-9-7-13(8-10-14)21(3,4)15-16(22)18(24)20(27-12-6-2)19(25)17(15)23/h5-10H,1-2,11-12H2,3-4H3. The number of hydrogen-bond donors (Lipinski definition) is 0. The molecule has 2 aromatic carbocycles. The largest absolute Gasteiger partial charge is 0.490 e. The van der Waals surface area contributed by atoms with E-state index in [1.165, 1.54) is 0 Å². The summed E-state index contributed by atoms with van der Waals surface area (Å²) in [6, 6.07) is 7.67. The van der Waals surface area contributed by atoms with Gasteiger partial charge in [0.05, 0.1) is 10.0 Å². The zero-order chi connectivity index (χ0) is 20.2. The van der Waals surface area contributed by atoms with Crippen LogP contribution in [0.4, 0.5) is 0 Å². The van der Waals surface area contributed by atoms with Gasteiger partial charge in [-0.05, 0) is 17.7 Å². The molecule has 2 nitrogen and oxygen atoms in total. The van der Waals surface area contributed by atoms with Gasteiger partial charge < -0.3 is 9.47 Å². The van der Waals surface area contributed by atoms with E-state index in [9.17, 15) is 0 Å². The molecular formula is C21H20Cl4O2. The maximum atomic E-state index is 6.57. The monoisotopic (exact) mass is 444 g/mol. The van der Waals surface area contributed by atoms with Crippen LogP contribution in [0.15, 0.2) is 49.6 Å². The summed E-state index contributed by atoms with van der Waals surface area (Å²) < 4.78 is 11.1. The SMILES string of the molecule is C=CCOc1ccc(C(C)(C)c2c(Cl)c(Cl)c(OCC=C)c(Cl)c2Cl)cc1. The van der Waals surface area contributed by atoms with Gasteiger partial charge in [0.25, 0.3) is 0 Å². The third kappa shape index (κ3) is 4.57. The summed E-state index contributed by atoms with van der Waals surface area (Å²) in [5.41, 5.74) is 1.05. The topological polar surface area (TPSA) is 18.5 Å². The first-order chi connectivity index (χ1) is 12.8. The Balaban J connectivity index is 2.52. The van der Waals surface area contributed by atoms with Gasteiger partial charge in [0.15, 0.2) is 5.75 Å². The second kappa shape index (κ2) is 9.25. The number of halogens is 4. The second-order valence-corrected chi connectivity index (χ2v) is 7.82. The fourth-order valence-corrected chi connectivity index (χ4v) is 4.11. The third-order valence-electron chi connectivity index (χ3n) is 4.14. The minimum Gasteiger partial charge on any atom is -0.490 e. The van der Waals surface area contributed by atoms with Crippen LogP contribution in [0.2, 0.25) is 20.1 Å². The molecule has 0 bridgehead atoms. The zero-order valence-corrected chi connectivity index (χ0v) is 18.1. The first kappa shape index (κ1) is 22.0. The zero-order valence-electron chi connectivity index (χ0n) is 15.1. The molecule has 0 aliphatic rings. The normalized spacial score (nSPS) is 11.2. The lowest BCUT2D eigenvalue weighted by atomic mass is 9.78. The Bertz CT molecular complexity index is 813. The van der Waals surface area contributed by atoms with Crippen LogP contribution in [0, 0.1) is 0 Å². The van der Waals surface area contributed by atoms with Gasteiger partial charge in [-0.1, -0.05) is 97.7 Å². The van der Waals surface area contributed by atoms with Crippen LogP contribution >= 0.6 is 46.4 Å². The third-order valence-corrected chi connectivity index (χ3v) is 5.81. The molecule has 0 heterocycles. The van der Waals surface area contributed by atoms with E-state index >= 15 is 0 Å². The van der Waals surface area contributed by atoms with Crippen LogP contribution < -0.4 is 9.47 Å². The Morgan fingerprint density at radius 1 is 0.815 bits per heavy atom. The summed E-state index contributed by atoms with van der Waals surface area (Å²) >= 11 is 26.0. The van der Waals surface area contributed by atoms with Crippen LogP contribution in [-0.2, 0) is 5.41 Å². The van der Waals surface area contributed by atoms with E-state index in [2.05, 4.69) is 13.2 Å². The maximum absolute atomic E-state index is 6.57. The van der Waals surface area contributed by atoms with Gasteiger partial charge >= 0.3 is 0 Å². The molecule has 6 heteroatoms. The van der Waals surface area contributed by atoms with Crippen molar-refractivity contribution in [3.63, 3.8) is 0 Å². The van der Waals surface area contributed by atoms with Crippen molar-refractivity contribution in [1.82, 2.24) is 0 Å². The molecule has 144 valence electrons. The number of benzene rings is 2. The van der Waals surface area contributed by atoms with Gasteiger partial charge in [-0.25, -0.2) is 0 Å². The molecule has 0 radical (unpaired) electrons. The highest BCUT2D eigenvalue weighted by atomic mass is 35.5. The van der Waals surface area contributed by atoms with Crippen molar-refractivity contribution < 1.29 is 9.47 Å². The lowest BCUT2D eigenvalue weighted by molar-refractivity contribution is 0.363. The Kier molecular flexibility index (Phi) is 7.53. The minimum atomic E-state index is -0.560. The van der Waals surface area contributed by atoms with Crippen LogP contribution in [0.1, 0.15) is 25.0 Å². The number of hydrogen-bond acceptors (Lipinski definition) is 2. The molecule has 0 N–H and O–H groups in total. The molecule has 0 aliphatic heterocycles. The van der Waals surface area contributed by atoms with Crippen LogP contribution in [0.3, 0.4) is 0 Å². The average molecular weight is 446 g/mol. The molecule has 27 heavy (non-hydrogen) atoms. The summed E-state index contributed by atoms with van der Waals surface area (Å²) in [5, 5.41) is 1.06. The Hall–Kier alpha value is -1.32. The quantitative estimate of drug-likeness (QED) is 0.305. The second-order valence-electron chi connectivity index (χ2n) is 6.31. The van der Waals surface area contributed by atoms with Gasteiger partial charge in [-0.3, -0.25) is 0 Å². The molecule has 0 spiro atoms. The minimum absolute atomic E-state index is 0.224. The number of rotatable bonds is 8. The van der Waals surface area contributed by atoms with Crippen molar-refractivity contribution in [3.05, 3.63) is 80.8 Å². The van der Waals surface area contributed by atoms with Gasteiger partial charge in [0, 0.05) is 11.0 Å². The van der Waals surface area contributed by atoms with E-state index in [1.54, 1.807) is 12.2 Å². The molecule has 0 aromatic heterocycles. The predicted molar refractivity (Wildman–Crippen MR) is 116 cm³/mol. The van der Waals surface area contributed by atoms with Crippen molar-refractivity contribution in [3.8, 4) is 11.5 Å². The summed E-state index contributed by atoms with van der Waals surface area (Å²) in [4.78, 5) is 0. The molecule has 0 saturated carbocycles. The maximum Gasteiger partial charge on any atom is 0.160 e. The van der Waals surface area contributed by atoms with Crippen LogP contribution in [-0.4, -0.2) is 13.2 Å². The summed E-state index contributed by atoms with van der Waals surface area (Å²) in [7, 11) is 0. The van der Waals surface area contributed by atoms with Gasteiger partial charge in [0.2, 0.25) is 0 Å². The first-order valence-corrected chi connectivity index (χ1v) is 9.71. The molecule has 2 rings (SSSR count). The van der Waals surface area contributed by atoms with Crippen molar-refractivity contribution >= 4 is 46.4 Å². The van der Waals surface area contributed by atoms with Crippen molar-refractivity contribution in [2.75, 3.05) is 13.2 Å². The van der Waals surface area contributed by atoms with Gasteiger partial charge in [-0.2, -0.15) is 0 Å². The van der Waals surface area contributed by atoms with E-state index in [0.717, 1.165) is 11.3 Å². The number of ether oxygens (including phenoxy) is 2. The summed E-state index contributed by atoms with van der Waals surface area (Å²) in [6.07, 6.45) is 3.28. The lowest BCUT2D eigenvalue weighted by Gasteiger charge is -2.30. The van der Waals surface area contributed by atoms with Gasteiger partial charge in [-0.15, -0.1) is 0 Å². The predicted octanol–water partition coefficient (Wildman–Crippen LogP) is 7.76. The highest BCUT2D eigenvalue weighted by Crippen LogP contribution is 2.51. The molecule has 0 saturated heterocycles. The Morgan fingerprint density at radius 3 is 1.78 bits per heavy atom. The fourth-order valence-electron chi connectivity index (χ4n) is 2.70. The summed E-state index contributed by atoms with van der Waals surface area (Å²) in [6.45, 7) is 11.9. The van der Waals surface area contributed by atoms with Crippen LogP contribution in [0.5, 0.6) is 11.5 Å². The van der Waals surface area contributed by atoms with E-state index in [1.807, 2.05) is 38.1 Å². The molecular weight excluding hydrogens is 426 g/mol. The van der Waals surface area contributed by atoms with Crippen molar-refractivity contribution in [2.24, 2.45) is 0 Å². The van der Waals surface area contributed by atoms with Gasteiger partial charge in [0.1, 0.15) is 29.0 Å². The van der Waals surface area contributed by atoms with E-state index in [0.29, 0.717) is 22.2 Å². The molecule has 0 amide bonds. The Morgan fingerprint density at radius 2 is 1.30 bits per heavy atom. The lowest BCUT2D eigenvalue weighted by Crippen LogP contribution is -2.20. The fraction of sp³-hybridized carbons (Fsp3) is 0.238. The van der Waals surface area contributed by atoms with Crippen molar-refractivity contribution in [1.29, 1.82) is 0 Å². The summed E-state index contributed by atoms with van der Waals surface area (Å²) in [5.74, 6) is 0.997.